The second-order valence-electron chi connectivity index (χ2n) is 10.7. The van der Waals surface area contributed by atoms with E-state index in [0.29, 0.717) is 34.2 Å². The number of halogens is 3. The van der Waals surface area contributed by atoms with Gasteiger partial charge in [-0.2, -0.15) is 0 Å². The first kappa shape index (κ1) is 25.0. The molecule has 35 heavy (non-hydrogen) atoms. The number of carbonyl (C=O) groups excluding carboxylic acids is 1. The number of Topliss-reactive ketones (excluding diaryl/α,β-unsaturated/α-hetero) is 1. The highest BCUT2D eigenvalue weighted by Gasteiger charge is 2.32. The number of ether oxygens (including phenoxy) is 1. The van der Waals surface area contributed by atoms with E-state index in [-0.39, 0.29) is 23.3 Å². The van der Waals surface area contributed by atoms with E-state index < -0.39 is 5.82 Å². The molecule has 2 saturated carbocycles. The zero-order valence-corrected chi connectivity index (χ0v) is 21.9. The highest BCUT2D eigenvalue weighted by atomic mass is 35.5. The summed E-state index contributed by atoms with van der Waals surface area (Å²) < 4.78 is 21.2. The van der Waals surface area contributed by atoms with Gasteiger partial charge in [-0.15, -0.1) is 0 Å². The van der Waals surface area contributed by atoms with Crippen molar-refractivity contribution < 1.29 is 13.9 Å². The minimum Gasteiger partial charge on any atom is -0.493 e. The van der Waals surface area contributed by atoms with Gasteiger partial charge in [0.1, 0.15) is 11.6 Å². The van der Waals surface area contributed by atoms with E-state index in [1.165, 1.54) is 6.07 Å². The molecule has 5 rings (SSSR count). The second-order valence-corrected chi connectivity index (χ2v) is 11.5. The molecule has 1 aliphatic heterocycles. The van der Waals surface area contributed by atoms with Gasteiger partial charge in [-0.05, 0) is 106 Å². The van der Waals surface area contributed by atoms with Crippen molar-refractivity contribution in [3.05, 3.63) is 62.9 Å². The van der Waals surface area contributed by atoms with Gasteiger partial charge in [0.05, 0.1) is 12.2 Å². The van der Waals surface area contributed by atoms with Crippen molar-refractivity contribution in [2.24, 2.45) is 11.8 Å². The lowest BCUT2D eigenvalue weighted by Gasteiger charge is -2.36. The molecule has 0 radical (unpaired) electrons. The molecule has 1 heterocycles. The normalized spacial score (nSPS) is 20.8. The minimum atomic E-state index is -0.426. The predicted octanol–water partition coefficient (Wildman–Crippen LogP) is 8.23. The second kappa shape index (κ2) is 10.8. The molecule has 3 nitrogen and oxygen atoms in total. The van der Waals surface area contributed by atoms with Crippen molar-refractivity contribution in [1.82, 2.24) is 4.90 Å². The van der Waals surface area contributed by atoms with E-state index in [2.05, 4.69) is 11.8 Å². The van der Waals surface area contributed by atoms with Crippen LogP contribution in [0.4, 0.5) is 4.39 Å². The third-order valence-corrected chi connectivity index (χ3v) is 8.58. The van der Waals surface area contributed by atoms with Gasteiger partial charge in [0.25, 0.3) is 0 Å². The summed E-state index contributed by atoms with van der Waals surface area (Å²) in [6.45, 7) is 4.72. The number of benzene rings is 2. The largest absolute Gasteiger partial charge is 0.493 e. The summed E-state index contributed by atoms with van der Waals surface area (Å²) in [6.07, 6.45) is 8.13. The zero-order valence-electron chi connectivity index (χ0n) is 20.4. The Balaban J connectivity index is 1.20. The van der Waals surface area contributed by atoms with Crippen LogP contribution in [0.5, 0.6) is 5.75 Å². The van der Waals surface area contributed by atoms with Gasteiger partial charge < -0.3 is 4.74 Å². The molecule has 3 aliphatic rings. The number of nitrogens with zero attached hydrogens (tertiary/aromatic N) is 1. The number of rotatable bonds is 8. The molecule has 1 unspecified atom stereocenters. The van der Waals surface area contributed by atoms with Gasteiger partial charge in [0, 0.05) is 28.1 Å². The molecule has 2 aromatic carbocycles. The molecule has 0 amide bonds. The highest BCUT2D eigenvalue weighted by molar-refractivity contribution is 6.34. The van der Waals surface area contributed by atoms with Gasteiger partial charge in [-0.3, -0.25) is 9.69 Å². The lowest BCUT2D eigenvalue weighted by molar-refractivity contribution is 0.0918. The van der Waals surface area contributed by atoms with E-state index in [1.54, 1.807) is 6.07 Å². The van der Waals surface area contributed by atoms with Crippen LogP contribution in [0, 0.1) is 17.7 Å². The molecule has 0 spiro atoms. The van der Waals surface area contributed by atoms with Gasteiger partial charge >= 0.3 is 0 Å². The third-order valence-electron chi connectivity index (χ3n) is 8.15. The van der Waals surface area contributed by atoms with Crippen LogP contribution in [0.3, 0.4) is 0 Å². The van der Waals surface area contributed by atoms with E-state index in [1.807, 2.05) is 18.2 Å². The van der Waals surface area contributed by atoms with Crippen molar-refractivity contribution in [1.29, 1.82) is 0 Å². The molecule has 1 saturated heterocycles. The van der Waals surface area contributed by atoms with Crippen LogP contribution in [0.25, 0.3) is 0 Å². The van der Waals surface area contributed by atoms with Gasteiger partial charge in [-0.25, -0.2) is 4.39 Å². The van der Waals surface area contributed by atoms with Crippen molar-refractivity contribution >= 4 is 29.0 Å². The van der Waals surface area contributed by atoms with Crippen LogP contribution in [0.2, 0.25) is 10.0 Å². The Morgan fingerprint density at radius 3 is 2.29 bits per heavy atom. The summed E-state index contributed by atoms with van der Waals surface area (Å²) in [7, 11) is 0. The molecular weight excluding hydrogens is 484 g/mol. The van der Waals surface area contributed by atoms with Crippen LogP contribution in [0.15, 0.2) is 30.3 Å². The lowest BCUT2D eigenvalue weighted by Crippen LogP contribution is -2.37. The molecule has 2 aliphatic carbocycles. The Kier molecular flexibility index (Phi) is 7.72. The summed E-state index contributed by atoms with van der Waals surface area (Å²) in [6, 6.07) is 9.27. The van der Waals surface area contributed by atoms with Crippen LogP contribution < -0.4 is 4.74 Å². The molecule has 0 aromatic heterocycles. The van der Waals surface area contributed by atoms with E-state index in [4.69, 9.17) is 27.9 Å². The number of likely N-dealkylation sites (tertiary alicyclic amines) is 1. The van der Waals surface area contributed by atoms with Gasteiger partial charge in [-0.1, -0.05) is 36.0 Å². The van der Waals surface area contributed by atoms with E-state index >= 15 is 4.39 Å². The fourth-order valence-corrected chi connectivity index (χ4v) is 6.29. The Labute approximate surface area is 217 Å². The summed E-state index contributed by atoms with van der Waals surface area (Å²) in [5.41, 5.74) is 2.43. The Hall–Kier alpha value is -1.62. The Morgan fingerprint density at radius 2 is 1.66 bits per heavy atom. The number of piperidine rings is 1. The number of carbonyl (C=O) groups is 1. The van der Waals surface area contributed by atoms with Crippen molar-refractivity contribution in [3.8, 4) is 5.75 Å². The van der Waals surface area contributed by atoms with Crippen LogP contribution in [-0.4, -0.2) is 30.4 Å². The highest BCUT2D eigenvalue weighted by Crippen LogP contribution is 2.46. The maximum Gasteiger partial charge on any atom is 0.168 e. The number of hydrogen-bond acceptors (Lipinski definition) is 3. The molecule has 0 N–H and O–H groups in total. The Morgan fingerprint density at radius 1 is 1.00 bits per heavy atom. The average Bonchev–Trinajstić information content (AvgIpc) is 3.54. The van der Waals surface area contributed by atoms with Crippen molar-refractivity contribution in [2.45, 2.75) is 70.3 Å². The molecule has 6 heteroatoms. The predicted molar refractivity (Wildman–Crippen MR) is 139 cm³/mol. The maximum absolute atomic E-state index is 15.0. The van der Waals surface area contributed by atoms with E-state index in [0.717, 1.165) is 75.6 Å². The van der Waals surface area contributed by atoms with Gasteiger partial charge in [0.2, 0.25) is 0 Å². The zero-order chi connectivity index (χ0) is 24.5. The standard InChI is InChI=1S/C29H34Cl2FNO2/c1-18(22-12-23(30)14-24(31)13-22)33-10-8-19(9-11-33)17-35-28-16-27(32)26(15-25(28)20-6-7-20)29(34)21-4-2-3-5-21/h12-16,18-21H,2-11,17H2,1H3. The third kappa shape index (κ3) is 5.87. The topological polar surface area (TPSA) is 29.5 Å². The van der Waals surface area contributed by atoms with E-state index in [9.17, 15) is 4.79 Å². The van der Waals surface area contributed by atoms with Gasteiger partial charge in [0.15, 0.2) is 5.78 Å². The summed E-state index contributed by atoms with van der Waals surface area (Å²) >= 11 is 12.4. The lowest BCUT2D eigenvalue weighted by atomic mass is 9.93. The first-order chi connectivity index (χ1) is 16.9. The fraction of sp³-hybridized carbons (Fsp3) is 0.552. The molecule has 3 fully saturated rings. The number of hydrogen-bond donors (Lipinski definition) is 0. The van der Waals surface area contributed by atoms with Crippen LogP contribution >= 0.6 is 23.2 Å². The number of ketones is 1. The smallest absolute Gasteiger partial charge is 0.168 e. The van der Waals surface area contributed by atoms with Crippen LogP contribution in [0.1, 0.15) is 91.7 Å². The van der Waals surface area contributed by atoms with Crippen molar-refractivity contribution in [2.75, 3.05) is 19.7 Å². The average molecular weight is 519 g/mol. The Bertz CT molecular complexity index is 1050. The first-order valence-electron chi connectivity index (χ1n) is 13.1. The summed E-state index contributed by atoms with van der Waals surface area (Å²) in [5.74, 6) is 1.00. The maximum atomic E-state index is 15.0. The first-order valence-corrected chi connectivity index (χ1v) is 13.8. The molecule has 1 atom stereocenters. The van der Waals surface area contributed by atoms with Crippen molar-refractivity contribution in [3.63, 3.8) is 0 Å². The fourth-order valence-electron chi connectivity index (χ4n) is 5.75. The summed E-state index contributed by atoms with van der Waals surface area (Å²) in [5, 5.41) is 1.33. The molecule has 2 aromatic rings. The minimum absolute atomic E-state index is 0.0150. The molecular formula is C29H34Cl2FNO2. The van der Waals surface area contributed by atoms with Crippen LogP contribution in [-0.2, 0) is 0 Å². The monoisotopic (exact) mass is 517 g/mol. The molecule has 0 bridgehead atoms. The quantitative estimate of drug-likeness (QED) is 0.330. The SMILES string of the molecule is CC(c1cc(Cl)cc(Cl)c1)N1CCC(COc2cc(F)c(C(=O)C3CCCC3)cc2C2CC2)CC1. The summed E-state index contributed by atoms with van der Waals surface area (Å²) in [4.78, 5) is 15.4. The molecule has 188 valence electrons.